The molecule has 3 rings (SSSR count). The molecule has 3 N–H and O–H groups in total. The van der Waals surface area contributed by atoms with Crippen LogP contribution < -0.4 is 11.2 Å². The van der Waals surface area contributed by atoms with Gasteiger partial charge in [0.25, 0.3) is 5.96 Å². The second-order valence-corrected chi connectivity index (χ2v) is 5.89. The average Bonchev–Trinajstić information content (AvgIpc) is 2.94. The zero-order valence-corrected chi connectivity index (χ0v) is 14.3. The molecule has 0 aliphatic heterocycles. The van der Waals surface area contributed by atoms with Crippen LogP contribution in [0.4, 0.5) is 0 Å². The molecule has 0 aliphatic carbocycles. The first-order valence-corrected chi connectivity index (χ1v) is 8.00. The Morgan fingerprint density at radius 1 is 1.27 bits per heavy atom. The molecule has 0 bridgehead atoms. The highest BCUT2D eigenvalue weighted by molar-refractivity contribution is 6.30. The summed E-state index contributed by atoms with van der Waals surface area (Å²) in [5.74, 6) is -0.392. The quantitative estimate of drug-likeness (QED) is 0.311. The summed E-state index contributed by atoms with van der Waals surface area (Å²) in [6.45, 7) is 0.671. The molecule has 0 fully saturated rings. The van der Waals surface area contributed by atoms with Gasteiger partial charge < -0.3 is 10.3 Å². The molecule has 0 amide bonds. The van der Waals surface area contributed by atoms with E-state index in [0.29, 0.717) is 11.6 Å². The number of fused-ring (bicyclic) bond motifs is 1. The van der Waals surface area contributed by atoms with Gasteiger partial charge in [0, 0.05) is 34.2 Å². The molecular formula is C17H15ClN6O2. The van der Waals surface area contributed by atoms with Crippen molar-refractivity contribution in [2.75, 3.05) is 0 Å². The minimum Gasteiger partial charge on any atom is -0.363 e. The predicted octanol–water partition coefficient (Wildman–Crippen LogP) is 2.77. The third-order valence-corrected chi connectivity index (χ3v) is 3.91. The summed E-state index contributed by atoms with van der Waals surface area (Å²) in [5.41, 5.74) is 10.7. The van der Waals surface area contributed by atoms with Crippen LogP contribution in [0.3, 0.4) is 0 Å². The van der Waals surface area contributed by atoms with Crippen molar-refractivity contribution >= 4 is 34.7 Å². The number of nitrogens with zero attached hydrogens (tertiary/aromatic N) is 4. The Morgan fingerprint density at radius 3 is 2.73 bits per heavy atom. The average molecular weight is 371 g/mol. The van der Waals surface area contributed by atoms with Gasteiger partial charge in [0.15, 0.2) is 5.03 Å². The molecule has 0 spiro atoms. The second kappa shape index (κ2) is 7.66. The van der Waals surface area contributed by atoms with Gasteiger partial charge in [-0.3, -0.25) is 0 Å². The van der Waals surface area contributed by atoms with Crippen LogP contribution in [-0.4, -0.2) is 21.8 Å². The maximum atomic E-state index is 10.3. The van der Waals surface area contributed by atoms with Crippen LogP contribution in [0.1, 0.15) is 11.1 Å². The lowest BCUT2D eigenvalue weighted by Crippen LogP contribution is -2.28. The van der Waals surface area contributed by atoms with Crippen LogP contribution in [0, 0.1) is 10.1 Å². The highest BCUT2D eigenvalue weighted by atomic mass is 35.5. The van der Waals surface area contributed by atoms with Gasteiger partial charge in [0.1, 0.15) is 5.10 Å². The zero-order valence-electron chi connectivity index (χ0n) is 13.5. The molecule has 9 heteroatoms. The van der Waals surface area contributed by atoms with E-state index in [1.807, 2.05) is 54.7 Å². The third-order valence-electron chi connectivity index (χ3n) is 3.66. The standard InChI is InChI=1S/C17H15ClN6O2/c18-14-7-5-12(6-8-14)10-23-11-13(15-3-1-2-4-16(15)23)9-20-21-17(19)22-24(25)26/h1-9,11H,10H2,(H3,19,21,22)/b20-9+. The molecule has 1 aromatic heterocycles. The van der Waals surface area contributed by atoms with Crippen molar-refractivity contribution in [1.82, 2.24) is 9.99 Å². The van der Waals surface area contributed by atoms with Crippen LogP contribution >= 0.6 is 11.6 Å². The van der Waals surface area contributed by atoms with Crippen LogP contribution in [0.2, 0.25) is 5.02 Å². The highest BCUT2D eigenvalue weighted by Gasteiger charge is 2.07. The van der Waals surface area contributed by atoms with Crippen molar-refractivity contribution in [3.05, 3.63) is 81.0 Å². The van der Waals surface area contributed by atoms with E-state index in [1.54, 1.807) is 6.21 Å². The third kappa shape index (κ3) is 4.17. The summed E-state index contributed by atoms with van der Waals surface area (Å²) < 4.78 is 2.09. The van der Waals surface area contributed by atoms with Gasteiger partial charge >= 0.3 is 0 Å². The Morgan fingerprint density at radius 2 is 2.00 bits per heavy atom. The van der Waals surface area contributed by atoms with Gasteiger partial charge in [-0.25, -0.2) is 15.5 Å². The Kier molecular flexibility index (Phi) is 5.14. The molecule has 0 saturated carbocycles. The first kappa shape index (κ1) is 17.4. The van der Waals surface area contributed by atoms with Gasteiger partial charge in [-0.1, -0.05) is 41.9 Å². The van der Waals surface area contributed by atoms with Crippen molar-refractivity contribution in [1.29, 1.82) is 0 Å². The van der Waals surface area contributed by atoms with Crippen LogP contribution in [0.15, 0.2) is 64.9 Å². The topological polar surface area (TPSA) is 111 Å². The number of hydrogen-bond acceptors (Lipinski definition) is 3. The lowest BCUT2D eigenvalue weighted by atomic mass is 10.2. The largest absolute Gasteiger partial charge is 0.363 e. The lowest BCUT2D eigenvalue weighted by molar-refractivity contribution is -0.485. The molecule has 8 nitrogen and oxygen atoms in total. The van der Waals surface area contributed by atoms with Gasteiger partial charge in [0.05, 0.1) is 6.21 Å². The molecule has 0 aliphatic rings. The fraction of sp³-hybridized carbons (Fsp3) is 0.0588. The summed E-state index contributed by atoms with van der Waals surface area (Å²) in [6, 6.07) is 15.5. The zero-order chi connectivity index (χ0) is 18.5. The molecule has 0 atom stereocenters. The highest BCUT2D eigenvalue weighted by Crippen LogP contribution is 2.21. The summed E-state index contributed by atoms with van der Waals surface area (Å²) in [5, 5.41) is 17.9. The maximum absolute atomic E-state index is 10.3. The number of halogens is 1. The van der Waals surface area contributed by atoms with E-state index in [4.69, 9.17) is 17.3 Å². The molecule has 3 aromatic rings. The van der Waals surface area contributed by atoms with E-state index in [2.05, 4.69) is 20.2 Å². The van der Waals surface area contributed by atoms with E-state index in [0.717, 1.165) is 22.0 Å². The summed E-state index contributed by atoms with van der Waals surface area (Å²) in [4.78, 5) is 10.3. The first-order chi connectivity index (χ1) is 12.5. The summed E-state index contributed by atoms with van der Waals surface area (Å²) >= 11 is 5.93. The molecule has 0 radical (unpaired) electrons. The summed E-state index contributed by atoms with van der Waals surface area (Å²) in [7, 11) is 0. The Balaban J connectivity index is 1.87. The minimum atomic E-state index is -0.893. The number of nitrogens with two attached hydrogens (primary N) is 1. The van der Waals surface area contributed by atoms with Gasteiger partial charge in [-0.05, 0) is 23.8 Å². The summed E-state index contributed by atoms with van der Waals surface area (Å²) in [6.07, 6.45) is 3.49. The van der Waals surface area contributed by atoms with E-state index >= 15 is 0 Å². The number of nitro groups is 1. The molecule has 0 unspecified atom stereocenters. The predicted molar refractivity (Wildman–Crippen MR) is 102 cm³/mol. The van der Waals surface area contributed by atoms with Crippen molar-refractivity contribution in [3.63, 3.8) is 0 Å². The van der Waals surface area contributed by atoms with Crippen LogP contribution in [-0.2, 0) is 6.54 Å². The number of hydrazone groups is 2. The second-order valence-electron chi connectivity index (χ2n) is 5.45. The normalized spacial score (nSPS) is 12.0. The van der Waals surface area contributed by atoms with Gasteiger partial charge in [0.2, 0.25) is 0 Å². The molecule has 0 saturated heterocycles. The smallest absolute Gasteiger partial charge is 0.286 e. The number of para-hydroxylation sites is 1. The number of aromatic nitrogens is 1. The Labute approximate surface area is 153 Å². The van der Waals surface area contributed by atoms with Gasteiger partial charge in [-0.15, -0.1) is 0 Å². The fourth-order valence-electron chi connectivity index (χ4n) is 2.57. The number of hydrogen-bond donors (Lipinski definition) is 2. The molecule has 1 heterocycles. The SMILES string of the molecule is N/C(=N\[N+](=O)[O-])N/N=C/c1cn(Cc2ccc(Cl)cc2)c2ccccc12. The number of rotatable bonds is 5. The van der Waals surface area contributed by atoms with E-state index in [9.17, 15) is 10.1 Å². The Bertz CT molecular complexity index is 994. The van der Waals surface area contributed by atoms with Crippen LogP contribution in [0.25, 0.3) is 10.9 Å². The Hall–Kier alpha value is -3.39. The minimum absolute atomic E-state index is 0.392. The molecule has 2 aromatic carbocycles. The lowest BCUT2D eigenvalue weighted by Gasteiger charge is -2.05. The van der Waals surface area contributed by atoms with E-state index < -0.39 is 11.0 Å². The van der Waals surface area contributed by atoms with E-state index in [-0.39, 0.29) is 0 Å². The number of benzene rings is 2. The van der Waals surface area contributed by atoms with E-state index in [1.165, 1.54) is 0 Å². The first-order valence-electron chi connectivity index (χ1n) is 7.63. The monoisotopic (exact) mass is 370 g/mol. The van der Waals surface area contributed by atoms with Crippen molar-refractivity contribution in [3.8, 4) is 0 Å². The fourth-order valence-corrected chi connectivity index (χ4v) is 2.70. The maximum Gasteiger partial charge on any atom is 0.286 e. The van der Waals surface area contributed by atoms with Crippen molar-refractivity contribution in [2.24, 2.45) is 15.9 Å². The number of nitrogens with one attached hydrogen (secondary N) is 1. The number of guanidine groups is 1. The van der Waals surface area contributed by atoms with Gasteiger partial charge in [-0.2, -0.15) is 5.10 Å². The van der Waals surface area contributed by atoms with Crippen molar-refractivity contribution in [2.45, 2.75) is 6.54 Å². The molecule has 132 valence electrons. The van der Waals surface area contributed by atoms with Crippen LogP contribution in [0.5, 0.6) is 0 Å². The van der Waals surface area contributed by atoms with Crippen molar-refractivity contribution < 1.29 is 5.03 Å². The molecular weight excluding hydrogens is 356 g/mol. The molecule has 26 heavy (non-hydrogen) atoms.